The van der Waals surface area contributed by atoms with Gasteiger partial charge in [-0.25, -0.2) is 22.4 Å². The molecule has 1 aromatic rings. The van der Waals surface area contributed by atoms with E-state index in [-0.39, 0.29) is 25.4 Å². The molecule has 2 aliphatic rings. The lowest BCUT2D eigenvalue weighted by Crippen LogP contribution is -2.55. The highest BCUT2D eigenvalue weighted by molar-refractivity contribution is 5.93. The molecule has 3 rings (SSSR count). The van der Waals surface area contributed by atoms with Gasteiger partial charge in [0.1, 0.15) is 29.8 Å². The maximum absolute atomic E-state index is 14.2. The number of benzene rings is 1. The summed E-state index contributed by atoms with van der Waals surface area (Å²) in [4.78, 5) is 51.4. The predicted molar refractivity (Wildman–Crippen MR) is 139 cm³/mol. The summed E-state index contributed by atoms with van der Waals surface area (Å²) in [6, 6.07) is -1.48. The van der Waals surface area contributed by atoms with E-state index in [1.165, 1.54) is 4.90 Å². The first-order valence-electron chi connectivity index (χ1n) is 13.9. The zero-order valence-corrected chi connectivity index (χ0v) is 23.0. The van der Waals surface area contributed by atoms with E-state index in [2.05, 4.69) is 10.6 Å². The lowest BCUT2D eigenvalue weighted by Gasteiger charge is -2.29. The molecule has 1 aromatic carbocycles. The highest BCUT2D eigenvalue weighted by Gasteiger charge is 2.45. The lowest BCUT2D eigenvalue weighted by atomic mass is 9.89. The van der Waals surface area contributed by atoms with Crippen LogP contribution in [0.5, 0.6) is 0 Å². The minimum absolute atomic E-state index is 0.00348. The van der Waals surface area contributed by atoms with E-state index in [0.717, 1.165) is 25.7 Å². The summed E-state index contributed by atoms with van der Waals surface area (Å²) >= 11 is 0. The second-order valence-electron chi connectivity index (χ2n) is 11.2. The van der Waals surface area contributed by atoms with E-state index in [0.29, 0.717) is 18.1 Å². The first-order chi connectivity index (χ1) is 19.3. The highest BCUT2D eigenvalue weighted by Crippen LogP contribution is 2.39. The minimum Gasteiger partial charge on any atom is -0.478 e. The predicted octanol–water partition coefficient (Wildman–Crippen LogP) is 2.89. The molecule has 0 unspecified atom stereocenters. The normalized spacial score (nSPS) is 20.9. The smallest absolute Gasteiger partial charge is 0.335 e. The van der Waals surface area contributed by atoms with Gasteiger partial charge in [-0.15, -0.1) is 0 Å². The fourth-order valence-electron chi connectivity index (χ4n) is 5.66. The molecule has 0 bridgehead atoms. The Labute approximate surface area is 235 Å². The number of amides is 3. The van der Waals surface area contributed by atoms with Crippen molar-refractivity contribution >= 4 is 23.7 Å². The molecule has 0 aromatic heterocycles. The van der Waals surface area contributed by atoms with Crippen molar-refractivity contribution in [3.05, 3.63) is 34.9 Å². The number of alkyl halides is 2. The third-order valence-corrected chi connectivity index (χ3v) is 7.98. The summed E-state index contributed by atoms with van der Waals surface area (Å²) in [7, 11) is 0. The molecule has 1 aliphatic heterocycles. The van der Waals surface area contributed by atoms with Crippen molar-refractivity contribution < 1.29 is 47.0 Å². The topological polar surface area (TPSA) is 136 Å². The molecular weight excluding hydrogens is 550 g/mol. The zero-order valence-electron chi connectivity index (χ0n) is 23.0. The van der Waals surface area contributed by atoms with Gasteiger partial charge in [-0.3, -0.25) is 14.4 Å². The van der Waals surface area contributed by atoms with Crippen molar-refractivity contribution in [2.75, 3.05) is 13.1 Å². The molecule has 1 saturated heterocycles. The number of nitrogens with one attached hydrogen (secondary N) is 2. The zero-order chi connectivity index (χ0) is 30.4. The number of halogens is 4. The molecule has 4 N–H and O–H groups in total. The SMILES string of the molecule is CC(C)[C@H](O)C(=O)N1C[C@H](C2CCCC2)C[C@@H]1C(=O)N[C@@H](CC(F)F)C(=O)NCCc1c(F)cc(C(=O)O)cc1F. The molecule has 3 amide bonds. The van der Waals surface area contributed by atoms with Crippen LogP contribution in [-0.4, -0.2) is 76.5 Å². The van der Waals surface area contributed by atoms with Crippen LogP contribution in [0.15, 0.2) is 12.1 Å². The monoisotopic (exact) mass is 587 g/mol. The van der Waals surface area contributed by atoms with Crippen molar-refractivity contribution in [3.8, 4) is 0 Å². The molecule has 0 spiro atoms. The Kier molecular flexibility index (Phi) is 11.1. The van der Waals surface area contributed by atoms with Gasteiger partial charge in [0.25, 0.3) is 5.91 Å². The maximum atomic E-state index is 14.2. The number of likely N-dealkylation sites (tertiary alicyclic amines) is 1. The average molecular weight is 588 g/mol. The lowest BCUT2D eigenvalue weighted by molar-refractivity contribution is -0.147. The van der Waals surface area contributed by atoms with Crippen LogP contribution in [-0.2, 0) is 20.8 Å². The van der Waals surface area contributed by atoms with Crippen LogP contribution in [0.3, 0.4) is 0 Å². The first-order valence-corrected chi connectivity index (χ1v) is 13.9. The van der Waals surface area contributed by atoms with Gasteiger partial charge in [-0.2, -0.15) is 0 Å². The maximum Gasteiger partial charge on any atom is 0.335 e. The van der Waals surface area contributed by atoms with E-state index >= 15 is 0 Å². The summed E-state index contributed by atoms with van der Waals surface area (Å²) in [6.07, 6.45) is -1.51. The fraction of sp³-hybridized carbons (Fsp3) is 0.643. The summed E-state index contributed by atoms with van der Waals surface area (Å²) in [5, 5.41) is 23.9. The van der Waals surface area contributed by atoms with Gasteiger partial charge in [0.15, 0.2) is 0 Å². The van der Waals surface area contributed by atoms with Crippen LogP contribution in [0.4, 0.5) is 17.6 Å². The molecule has 0 radical (unpaired) electrons. The molecule has 41 heavy (non-hydrogen) atoms. The summed E-state index contributed by atoms with van der Waals surface area (Å²) in [5.74, 6) is -6.35. The second-order valence-corrected chi connectivity index (χ2v) is 11.2. The van der Waals surface area contributed by atoms with Gasteiger partial charge in [-0.1, -0.05) is 39.5 Å². The van der Waals surface area contributed by atoms with Gasteiger partial charge in [0.05, 0.1) is 5.56 Å². The Morgan fingerprint density at radius 3 is 2.20 bits per heavy atom. The number of carboxylic acid groups (broad SMARTS) is 1. The number of aliphatic hydroxyl groups is 1. The molecular formula is C28H37F4N3O6. The molecule has 1 heterocycles. The molecule has 228 valence electrons. The molecule has 4 atom stereocenters. The Morgan fingerprint density at radius 1 is 1.05 bits per heavy atom. The standard InChI is InChI=1S/C28H37F4N3O6/c1-14(2)24(36)27(39)35-13-17(15-5-3-4-6-15)11-22(35)26(38)34-21(12-23(31)32)25(37)33-8-7-18-19(29)9-16(28(40)41)10-20(18)30/h9-10,14-15,17,21-24,36H,3-8,11-13H2,1-2H3,(H,33,37)(H,34,38)(H,40,41)/t17-,21+,22-,24+/m1/s1. The molecule has 1 aliphatic carbocycles. The Hall–Kier alpha value is -3.22. The molecule has 1 saturated carbocycles. The van der Waals surface area contributed by atoms with Gasteiger partial charge >= 0.3 is 5.97 Å². The molecule has 2 fully saturated rings. The number of aromatic carboxylic acids is 1. The van der Waals surface area contributed by atoms with Gasteiger partial charge in [-0.05, 0) is 42.7 Å². The van der Waals surface area contributed by atoms with Crippen molar-refractivity contribution in [3.63, 3.8) is 0 Å². The van der Waals surface area contributed by atoms with Crippen LogP contribution >= 0.6 is 0 Å². The number of carbonyl (C=O) groups excluding carboxylic acids is 3. The van der Waals surface area contributed by atoms with E-state index < -0.39 is 89.8 Å². The number of aliphatic hydroxyl groups excluding tert-OH is 1. The largest absolute Gasteiger partial charge is 0.478 e. The van der Waals surface area contributed by atoms with Gasteiger partial charge in [0, 0.05) is 25.1 Å². The van der Waals surface area contributed by atoms with Crippen molar-refractivity contribution in [1.29, 1.82) is 0 Å². The third kappa shape index (κ3) is 8.17. The molecule has 13 heteroatoms. The minimum atomic E-state index is -2.97. The van der Waals surface area contributed by atoms with E-state index in [4.69, 9.17) is 5.11 Å². The van der Waals surface area contributed by atoms with Crippen molar-refractivity contribution in [2.24, 2.45) is 17.8 Å². The summed E-state index contributed by atoms with van der Waals surface area (Å²) < 4.78 is 55.1. The third-order valence-electron chi connectivity index (χ3n) is 7.98. The van der Waals surface area contributed by atoms with Crippen LogP contribution in [0.2, 0.25) is 0 Å². The number of rotatable bonds is 12. The first kappa shape index (κ1) is 32.3. The quantitative estimate of drug-likeness (QED) is 0.278. The number of nitrogens with zero attached hydrogens (tertiary/aromatic N) is 1. The van der Waals surface area contributed by atoms with E-state index in [1.807, 2.05) is 0 Å². The number of carbonyl (C=O) groups is 4. The Bertz CT molecular complexity index is 1110. The van der Waals surface area contributed by atoms with Gasteiger partial charge in [0.2, 0.25) is 18.2 Å². The van der Waals surface area contributed by atoms with Crippen molar-refractivity contribution in [1.82, 2.24) is 15.5 Å². The summed E-state index contributed by atoms with van der Waals surface area (Å²) in [5.41, 5.74) is -1.09. The Balaban J connectivity index is 1.69. The summed E-state index contributed by atoms with van der Waals surface area (Å²) in [6.45, 7) is 3.18. The fourth-order valence-corrected chi connectivity index (χ4v) is 5.66. The van der Waals surface area contributed by atoms with Crippen LogP contribution in [0.25, 0.3) is 0 Å². The van der Waals surface area contributed by atoms with Crippen LogP contribution in [0.1, 0.15) is 68.3 Å². The van der Waals surface area contributed by atoms with E-state index in [1.54, 1.807) is 13.8 Å². The second kappa shape index (κ2) is 14.1. The van der Waals surface area contributed by atoms with Crippen molar-refractivity contribution in [2.45, 2.75) is 83.4 Å². The van der Waals surface area contributed by atoms with E-state index in [9.17, 15) is 41.8 Å². The molecule has 9 nitrogen and oxygen atoms in total. The number of hydrogen-bond donors (Lipinski definition) is 4. The van der Waals surface area contributed by atoms with Gasteiger partial charge < -0.3 is 25.7 Å². The average Bonchev–Trinajstić information content (AvgIpc) is 3.58. The highest BCUT2D eigenvalue weighted by atomic mass is 19.3. The van der Waals surface area contributed by atoms with Crippen LogP contribution in [0, 0.1) is 29.4 Å². The number of carboxylic acids is 1. The van der Waals surface area contributed by atoms with Crippen LogP contribution < -0.4 is 10.6 Å². The Morgan fingerprint density at radius 2 is 1.66 bits per heavy atom. The number of hydrogen-bond acceptors (Lipinski definition) is 5.